The molecule has 2 atom stereocenters. The van der Waals surface area contributed by atoms with Crippen molar-refractivity contribution in [3.8, 4) is 6.07 Å². The van der Waals surface area contributed by atoms with Gasteiger partial charge in [-0.1, -0.05) is 31.4 Å². The molecule has 0 heterocycles. The van der Waals surface area contributed by atoms with E-state index in [2.05, 4.69) is 16.9 Å². The zero-order chi connectivity index (χ0) is 16.7. The van der Waals surface area contributed by atoms with Crippen LogP contribution in [0.4, 0.5) is 0 Å². The van der Waals surface area contributed by atoms with Crippen LogP contribution in [-0.4, -0.2) is 9.30 Å². The molecule has 0 radical (unpaired) electrons. The number of nitrogens with one attached hydrogen (secondary N) is 1. The summed E-state index contributed by atoms with van der Waals surface area (Å²) < 4.78 is 15.9. The summed E-state index contributed by atoms with van der Waals surface area (Å²) >= 11 is -1.10. The van der Waals surface area contributed by atoms with Gasteiger partial charge in [-0.15, -0.1) is 4.72 Å². The summed E-state index contributed by atoms with van der Waals surface area (Å²) in [5.74, 6) is 0. The third-order valence-corrected chi connectivity index (χ3v) is 6.98. The van der Waals surface area contributed by atoms with Crippen LogP contribution in [0.3, 0.4) is 0 Å². The zero-order valence-electron chi connectivity index (χ0n) is 14.3. The van der Waals surface area contributed by atoms with Crippen LogP contribution in [0.1, 0.15) is 75.6 Å². The Balaban J connectivity index is 2.00. The van der Waals surface area contributed by atoms with Gasteiger partial charge in [0.1, 0.15) is 4.75 Å². The highest BCUT2D eigenvalue weighted by atomic mass is 32.2. The number of fused-ring (bicyclic) bond motifs is 1. The van der Waals surface area contributed by atoms with Crippen molar-refractivity contribution in [2.24, 2.45) is 5.41 Å². The van der Waals surface area contributed by atoms with Gasteiger partial charge in [0.25, 0.3) is 0 Å². The van der Waals surface area contributed by atoms with Gasteiger partial charge in [0.2, 0.25) is 0 Å². The van der Waals surface area contributed by atoms with Crippen molar-refractivity contribution in [2.75, 3.05) is 0 Å². The van der Waals surface area contributed by atoms with Crippen LogP contribution in [0.2, 0.25) is 0 Å². The Morgan fingerprint density at radius 3 is 2.57 bits per heavy atom. The first-order valence-corrected chi connectivity index (χ1v) is 9.72. The van der Waals surface area contributed by atoms with Crippen LogP contribution in [0.25, 0.3) is 0 Å². The predicted octanol–water partition coefficient (Wildman–Crippen LogP) is 4.16. The largest absolute Gasteiger partial charge is 0.598 e. The van der Waals surface area contributed by atoms with Crippen LogP contribution in [0, 0.1) is 16.7 Å². The lowest BCUT2D eigenvalue weighted by atomic mass is 9.69. The minimum absolute atomic E-state index is 0.103. The van der Waals surface area contributed by atoms with Crippen molar-refractivity contribution in [2.45, 2.75) is 70.1 Å². The lowest BCUT2D eigenvalue weighted by Crippen LogP contribution is -2.46. The molecule has 0 aromatic heterocycles. The molecule has 1 N–H and O–H groups in total. The molecule has 0 unspecified atom stereocenters. The summed E-state index contributed by atoms with van der Waals surface area (Å²) in [5.41, 5.74) is 3.30. The second-order valence-corrected chi connectivity index (χ2v) is 10.0. The molecule has 1 saturated carbocycles. The molecule has 2 aliphatic rings. The molecule has 1 spiro atoms. The van der Waals surface area contributed by atoms with Gasteiger partial charge in [-0.25, -0.2) is 0 Å². The first kappa shape index (κ1) is 16.8. The van der Waals surface area contributed by atoms with E-state index in [1.54, 1.807) is 0 Å². The third kappa shape index (κ3) is 3.03. The number of nitriles is 1. The molecular weight excluding hydrogens is 304 g/mol. The number of nitrogens with zero attached hydrogens (tertiary/aromatic N) is 1. The smallest absolute Gasteiger partial charge is 0.136 e. The van der Waals surface area contributed by atoms with E-state index < -0.39 is 11.4 Å². The summed E-state index contributed by atoms with van der Waals surface area (Å²) in [4.78, 5) is 0. The van der Waals surface area contributed by atoms with Crippen molar-refractivity contribution in [3.63, 3.8) is 0 Å². The van der Waals surface area contributed by atoms with Gasteiger partial charge >= 0.3 is 0 Å². The quantitative estimate of drug-likeness (QED) is 0.828. The molecule has 1 fully saturated rings. The maximum atomic E-state index is 12.7. The van der Waals surface area contributed by atoms with Gasteiger partial charge in [0.15, 0.2) is 0 Å². The second kappa shape index (κ2) is 6.12. The highest BCUT2D eigenvalue weighted by Gasteiger charge is 2.50. The zero-order valence-corrected chi connectivity index (χ0v) is 15.1. The fourth-order valence-electron chi connectivity index (χ4n) is 4.15. The van der Waals surface area contributed by atoms with Crippen molar-refractivity contribution < 1.29 is 4.55 Å². The van der Waals surface area contributed by atoms with Gasteiger partial charge in [0, 0.05) is 11.4 Å². The van der Waals surface area contributed by atoms with E-state index in [4.69, 9.17) is 0 Å². The molecule has 0 amide bonds. The minimum Gasteiger partial charge on any atom is -0.598 e. The van der Waals surface area contributed by atoms with E-state index >= 15 is 0 Å². The maximum absolute atomic E-state index is 12.7. The lowest BCUT2D eigenvalue weighted by molar-refractivity contribution is 0.152. The summed E-state index contributed by atoms with van der Waals surface area (Å²) in [6, 6.07) is 8.46. The molecule has 124 valence electrons. The Morgan fingerprint density at radius 1 is 1.26 bits per heavy atom. The Bertz CT molecular complexity index is 623. The molecule has 2 aliphatic carbocycles. The molecule has 1 aromatic rings. The third-order valence-electron chi connectivity index (χ3n) is 5.42. The summed E-state index contributed by atoms with van der Waals surface area (Å²) in [7, 11) is 0. The molecule has 0 aliphatic heterocycles. The highest BCUT2D eigenvalue weighted by molar-refractivity contribution is 7.90. The van der Waals surface area contributed by atoms with E-state index in [1.807, 2.05) is 32.9 Å². The van der Waals surface area contributed by atoms with E-state index in [0.717, 1.165) is 24.8 Å². The first-order valence-electron chi connectivity index (χ1n) is 8.57. The summed E-state index contributed by atoms with van der Waals surface area (Å²) in [5, 5.41) is 9.46. The standard InChI is InChI=1S/C19H26N2OS/c1-18(2,3)23(22)21-17-15-9-7-8-14(13-20)16(15)12-19(17)10-5-4-6-11-19/h7-9,17,21H,4-6,10-12H2,1-3H3/t17-,23-/m1/s1. The predicted molar refractivity (Wildman–Crippen MR) is 94.2 cm³/mol. The fourth-order valence-corrected chi connectivity index (χ4v) is 5.10. The summed E-state index contributed by atoms with van der Waals surface area (Å²) in [6.45, 7) is 6.02. The van der Waals surface area contributed by atoms with Crippen LogP contribution < -0.4 is 4.72 Å². The van der Waals surface area contributed by atoms with Crippen LogP contribution in [0.5, 0.6) is 0 Å². The number of benzene rings is 1. The number of hydrogen-bond donors (Lipinski definition) is 1. The van der Waals surface area contributed by atoms with Gasteiger partial charge < -0.3 is 4.55 Å². The van der Waals surface area contributed by atoms with Crippen LogP contribution >= 0.6 is 0 Å². The molecule has 0 bridgehead atoms. The SMILES string of the molecule is CC(C)(C)[S@@+]([O-])N[C@@H]1c2cccc(C#N)c2CC12CCCCC2. The van der Waals surface area contributed by atoms with E-state index in [-0.39, 0.29) is 16.2 Å². The van der Waals surface area contributed by atoms with Gasteiger partial charge in [0.05, 0.1) is 17.7 Å². The number of rotatable bonds is 2. The molecule has 23 heavy (non-hydrogen) atoms. The molecule has 1 aromatic carbocycles. The lowest BCUT2D eigenvalue weighted by Gasteiger charge is -2.40. The van der Waals surface area contributed by atoms with Crippen molar-refractivity contribution >= 4 is 11.4 Å². The van der Waals surface area contributed by atoms with Gasteiger partial charge in [-0.3, -0.25) is 0 Å². The minimum atomic E-state index is -1.10. The van der Waals surface area contributed by atoms with Gasteiger partial charge in [-0.2, -0.15) is 5.26 Å². The Morgan fingerprint density at radius 2 is 1.96 bits per heavy atom. The monoisotopic (exact) mass is 330 g/mol. The molecule has 3 nitrogen and oxygen atoms in total. The van der Waals surface area contributed by atoms with Gasteiger partial charge in [-0.05, 0) is 62.6 Å². The highest BCUT2D eigenvalue weighted by Crippen LogP contribution is 2.55. The fraction of sp³-hybridized carbons (Fsp3) is 0.632. The average Bonchev–Trinajstić information content (AvgIpc) is 2.80. The second-order valence-electron chi connectivity index (χ2n) is 8.02. The van der Waals surface area contributed by atoms with Crippen molar-refractivity contribution in [1.29, 1.82) is 5.26 Å². The summed E-state index contributed by atoms with van der Waals surface area (Å²) in [6.07, 6.45) is 7.02. The first-order chi connectivity index (χ1) is 10.9. The molecule has 3 rings (SSSR count). The van der Waals surface area contributed by atoms with E-state index in [0.29, 0.717) is 0 Å². The maximum Gasteiger partial charge on any atom is 0.136 e. The Labute approximate surface area is 142 Å². The Hall–Kier alpha value is -1.02. The molecular formula is C19H26N2OS. The van der Waals surface area contributed by atoms with Crippen molar-refractivity contribution in [3.05, 3.63) is 34.9 Å². The number of hydrogen-bond acceptors (Lipinski definition) is 3. The van der Waals surface area contributed by atoms with Crippen LogP contribution in [-0.2, 0) is 17.8 Å². The molecule has 0 saturated heterocycles. The van der Waals surface area contributed by atoms with Crippen LogP contribution in [0.15, 0.2) is 18.2 Å². The van der Waals surface area contributed by atoms with Crippen molar-refractivity contribution in [1.82, 2.24) is 4.72 Å². The average molecular weight is 330 g/mol. The topological polar surface area (TPSA) is 58.9 Å². The van der Waals surface area contributed by atoms with E-state index in [1.165, 1.54) is 30.4 Å². The normalized spacial score (nSPS) is 24.2. The molecule has 4 heteroatoms. The van der Waals surface area contributed by atoms with E-state index in [9.17, 15) is 9.81 Å². The Kier molecular flexibility index (Phi) is 4.48.